The number of carbonyl (C=O) groups is 2. The maximum atomic E-state index is 12.7. The molecule has 1 unspecified atom stereocenters. The van der Waals surface area contributed by atoms with Crippen molar-refractivity contribution in [2.75, 3.05) is 19.6 Å². The fourth-order valence-corrected chi connectivity index (χ4v) is 3.50. The Labute approximate surface area is 163 Å². The van der Waals surface area contributed by atoms with Crippen LogP contribution in [0.15, 0.2) is 18.2 Å². The Kier molecular flexibility index (Phi) is 9.66. The predicted octanol–water partition coefficient (Wildman–Crippen LogP) is 2.50. The van der Waals surface area contributed by atoms with E-state index in [0.29, 0.717) is 25.9 Å². The van der Waals surface area contributed by atoms with Crippen LogP contribution in [0.5, 0.6) is 0 Å². The summed E-state index contributed by atoms with van der Waals surface area (Å²) in [5, 5.41) is 2.91. The smallest absolute Gasteiger partial charge is 0.223 e. The lowest BCUT2D eigenvalue weighted by Crippen LogP contribution is -2.49. The van der Waals surface area contributed by atoms with Gasteiger partial charge in [-0.15, -0.1) is 12.4 Å². The van der Waals surface area contributed by atoms with Gasteiger partial charge in [-0.05, 0) is 50.7 Å². The molecule has 1 heterocycles. The first-order chi connectivity index (χ1) is 12.0. The molecular weight excluding hydrogens is 350 g/mol. The highest BCUT2D eigenvalue weighted by Crippen LogP contribution is 2.19. The van der Waals surface area contributed by atoms with Gasteiger partial charge in [0.2, 0.25) is 11.8 Å². The SMILES string of the molecule is Cc1ccc(CCC(=O)N2CCCCC2CNC(=O)CCN)c(C)c1.Cl. The minimum atomic E-state index is -0.0317. The molecule has 5 nitrogen and oxygen atoms in total. The Balaban J connectivity index is 0.00000338. The van der Waals surface area contributed by atoms with Crippen LogP contribution in [0.1, 0.15) is 48.8 Å². The molecule has 26 heavy (non-hydrogen) atoms. The fourth-order valence-electron chi connectivity index (χ4n) is 3.50. The molecular formula is C20H32ClN3O2. The van der Waals surface area contributed by atoms with Crippen LogP contribution in [0.4, 0.5) is 0 Å². The van der Waals surface area contributed by atoms with Gasteiger partial charge >= 0.3 is 0 Å². The van der Waals surface area contributed by atoms with Crippen LogP contribution in [0.2, 0.25) is 0 Å². The standard InChI is InChI=1S/C20H31N3O2.ClH/c1-15-6-7-17(16(2)13-15)8-9-20(25)23-12-4-3-5-18(23)14-22-19(24)10-11-21;/h6-7,13,18H,3-5,8-12,14,21H2,1-2H3,(H,22,24);1H. The van der Waals surface area contributed by atoms with Gasteiger partial charge in [-0.1, -0.05) is 23.8 Å². The van der Waals surface area contributed by atoms with Crippen LogP contribution < -0.4 is 11.1 Å². The van der Waals surface area contributed by atoms with E-state index < -0.39 is 0 Å². The predicted molar refractivity (Wildman–Crippen MR) is 108 cm³/mol. The molecule has 0 saturated carbocycles. The molecule has 1 aliphatic heterocycles. The third kappa shape index (κ3) is 6.61. The molecule has 146 valence electrons. The number of carbonyl (C=O) groups excluding carboxylic acids is 2. The van der Waals surface area contributed by atoms with E-state index in [2.05, 4.69) is 37.4 Å². The summed E-state index contributed by atoms with van der Waals surface area (Å²) < 4.78 is 0. The summed E-state index contributed by atoms with van der Waals surface area (Å²) in [5.41, 5.74) is 9.14. The summed E-state index contributed by atoms with van der Waals surface area (Å²) in [7, 11) is 0. The molecule has 2 amide bonds. The summed E-state index contributed by atoms with van der Waals surface area (Å²) in [6, 6.07) is 6.50. The zero-order valence-corrected chi connectivity index (χ0v) is 16.7. The van der Waals surface area contributed by atoms with Crippen LogP contribution in [0.3, 0.4) is 0 Å². The van der Waals surface area contributed by atoms with E-state index in [9.17, 15) is 9.59 Å². The molecule has 1 aliphatic rings. The van der Waals surface area contributed by atoms with Crippen LogP contribution in [0.25, 0.3) is 0 Å². The normalized spacial score (nSPS) is 16.7. The number of halogens is 1. The number of hydrogen-bond donors (Lipinski definition) is 2. The average Bonchev–Trinajstić information content (AvgIpc) is 2.59. The molecule has 1 aromatic rings. The number of nitrogens with one attached hydrogen (secondary N) is 1. The number of rotatable bonds is 7. The van der Waals surface area contributed by atoms with Crippen molar-refractivity contribution in [1.82, 2.24) is 10.2 Å². The molecule has 1 aromatic carbocycles. The topological polar surface area (TPSA) is 75.4 Å². The molecule has 0 radical (unpaired) electrons. The van der Waals surface area contributed by atoms with Crippen molar-refractivity contribution in [1.29, 1.82) is 0 Å². The Morgan fingerprint density at radius 1 is 1.23 bits per heavy atom. The lowest BCUT2D eigenvalue weighted by Gasteiger charge is -2.36. The number of nitrogens with two attached hydrogens (primary N) is 1. The number of nitrogens with zero attached hydrogens (tertiary/aromatic N) is 1. The largest absolute Gasteiger partial charge is 0.354 e. The minimum Gasteiger partial charge on any atom is -0.354 e. The van der Waals surface area contributed by atoms with E-state index in [4.69, 9.17) is 5.73 Å². The van der Waals surface area contributed by atoms with Crippen molar-refractivity contribution in [2.45, 2.75) is 58.4 Å². The van der Waals surface area contributed by atoms with E-state index in [-0.39, 0.29) is 30.3 Å². The minimum absolute atomic E-state index is 0. The van der Waals surface area contributed by atoms with E-state index >= 15 is 0 Å². The van der Waals surface area contributed by atoms with Gasteiger partial charge < -0.3 is 16.0 Å². The summed E-state index contributed by atoms with van der Waals surface area (Å²) >= 11 is 0. The van der Waals surface area contributed by atoms with E-state index in [1.54, 1.807) is 0 Å². The molecule has 1 saturated heterocycles. The molecule has 0 aromatic heterocycles. The number of amides is 2. The summed E-state index contributed by atoms with van der Waals surface area (Å²) in [5.74, 6) is 0.161. The number of hydrogen-bond acceptors (Lipinski definition) is 3. The molecule has 6 heteroatoms. The fraction of sp³-hybridized carbons (Fsp3) is 0.600. The first-order valence-corrected chi connectivity index (χ1v) is 9.33. The van der Waals surface area contributed by atoms with Crippen LogP contribution in [-0.4, -0.2) is 42.4 Å². The molecule has 2 rings (SSSR count). The first-order valence-electron chi connectivity index (χ1n) is 9.33. The number of piperidine rings is 1. The van der Waals surface area contributed by atoms with Crippen molar-refractivity contribution >= 4 is 24.2 Å². The second kappa shape index (κ2) is 11.2. The molecule has 3 N–H and O–H groups in total. The summed E-state index contributed by atoms with van der Waals surface area (Å²) in [6.07, 6.45) is 4.75. The van der Waals surface area contributed by atoms with Crippen LogP contribution >= 0.6 is 12.4 Å². The van der Waals surface area contributed by atoms with Gasteiger partial charge in [0, 0.05) is 38.5 Å². The average molecular weight is 382 g/mol. The number of likely N-dealkylation sites (tertiary alicyclic amines) is 1. The quantitative estimate of drug-likeness (QED) is 0.761. The third-order valence-electron chi connectivity index (χ3n) is 4.96. The highest BCUT2D eigenvalue weighted by atomic mass is 35.5. The summed E-state index contributed by atoms with van der Waals surface area (Å²) in [4.78, 5) is 26.3. The van der Waals surface area contributed by atoms with Gasteiger partial charge in [0.25, 0.3) is 0 Å². The van der Waals surface area contributed by atoms with Crippen LogP contribution in [-0.2, 0) is 16.0 Å². The van der Waals surface area contributed by atoms with Crippen molar-refractivity contribution in [3.8, 4) is 0 Å². The monoisotopic (exact) mass is 381 g/mol. The Hall–Kier alpha value is -1.59. The van der Waals surface area contributed by atoms with Crippen molar-refractivity contribution < 1.29 is 9.59 Å². The van der Waals surface area contributed by atoms with Gasteiger partial charge in [0.15, 0.2) is 0 Å². The molecule has 0 bridgehead atoms. The van der Waals surface area contributed by atoms with Crippen molar-refractivity contribution in [3.05, 3.63) is 34.9 Å². The van der Waals surface area contributed by atoms with E-state index in [1.165, 1.54) is 16.7 Å². The first kappa shape index (κ1) is 22.5. The third-order valence-corrected chi connectivity index (χ3v) is 4.96. The lowest BCUT2D eigenvalue weighted by atomic mass is 9.99. The van der Waals surface area contributed by atoms with Gasteiger partial charge in [0.05, 0.1) is 0 Å². The number of benzene rings is 1. The zero-order valence-electron chi connectivity index (χ0n) is 15.9. The Morgan fingerprint density at radius 2 is 2.00 bits per heavy atom. The van der Waals surface area contributed by atoms with Gasteiger partial charge in [-0.3, -0.25) is 9.59 Å². The molecule has 1 atom stereocenters. The maximum Gasteiger partial charge on any atom is 0.223 e. The maximum absolute atomic E-state index is 12.7. The molecule has 1 fully saturated rings. The van der Waals surface area contributed by atoms with Gasteiger partial charge in [-0.2, -0.15) is 0 Å². The van der Waals surface area contributed by atoms with Gasteiger partial charge in [0.1, 0.15) is 0 Å². The lowest BCUT2D eigenvalue weighted by molar-refractivity contribution is -0.135. The zero-order chi connectivity index (χ0) is 18.2. The Morgan fingerprint density at radius 3 is 2.69 bits per heavy atom. The van der Waals surface area contributed by atoms with E-state index in [0.717, 1.165) is 32.2 Å². The van der Waals surface area contributed by atoms with Crippen LogP contribution in [0, 0.1) is 13.8 Å². The molecule has 0 spiro atoms. The summed E-state index contributed by atoms with van der Waals surface area (Å²) in [6.45, 7) is 5.87. The second-order valence-corrected chi connectivity index (χ2v) is 7.01. The van der Waals surface area contributed by atoms with Crippen molar-refractivity contribution in [3.63, 3.8) is 0 Å². The Bertz CT molecular complexity index is 607. The second-order valence-electron chi connectivity index (χ2n) is 7.01. The number of aryl methyl sites for hydroxylation is 3. The van der Waals surface area contributed by atoms with Crippen molar-refractivity contribution in [2.24, 2.45) is 5.73 Å². The highest BCUT2D eigenvalue weighted by Gasteiger charge is 2.26. The molecule has 0 aliphatic carbocycles. The van der Waals surface area contributed by atoms with Gasteiger partial charge in [-0.25, -0.2) is 0 Å². The van der Waals surface area contributed by atoms with E-state index in [1.807, 2.05) is 4.90 Å². The highest BCUT2D eigenvalue weighted by molar-refractivity contribution is 5.85.